The largest absolute Gasteiger partial charge is 0.379 e. The fourth-order valence-electron chi connectivity index (χ4n) is 3.98. The van der Waals surface area contributed by atoms with Crippen LogP contribution in [-0.2, 0) is 10.2 Å². The molecule has 0 bridgehead atoms. The van der Waals surface area contributed by atoms with E-state index in [2.05, 4.69) is 64.7 Å². The highest BCUT2D eigenvalue weighted by molar-refractivity contribution is 9.10. The molecule has 3 rings (SSSR count). The summed E-state index contributed by atoms with van der Waals surface area (Å²) in [5.41, 5.74) is 1.51. The molecule has 0 spiro atoms. The second kappa shape index (κ2) is 7.64. The minimum absolute atomic E-state index is 0.132. The molecule has 1 aliphatic heterocycles. The van der Waals surface area contributed by atoms with Crippen molar-refractivity contribution in [3.8, 4) is 0 Å². The van der Waals surface area contributed by atoms with E-state index in [1.165, 1.54) is 24.8 Å². The van der Waals surface area contributed by atoms with E-state index >= 15 is 0 Å². The fraction of sp³-hybridized carbons (Fsp3) is 0.684. The zero-order chi connectivity index (χ0) is 16.3. The Morgan fingerprint density at radius 2 is 2.22 bits per heavy atom. The highest BCUT2D eigenvalue weighted by atomic mass is 79.9. The van der Waals surface area contributed by atoms with Gasteiger partial charge in [0.25, 0.3) is 0 Å². The summed E-state index contributed by atoms with van der Waals surface area (Å²) in [6.07, 6.45) is 3.94. The van der Waals surface area contributed by atoms with Crippen LogP contribution in [0.3, 0.4) is 0 Å². The summed E-state index contributed by atoms with van der Waals surface area (Å²) < 4.78 is 6.83. The van der Waals surface area contributed by atoms with Crippen LogP contribution in [-0.4, -0.2) is 38.4 Å². The normalized spacial score (nSPS) is 28.9. The van der Waals surface area contributed by atoms with Gasteiger partial charge in [-0.05, 0) is 36.5 Å². The van der Waals surface area contributed by atoms with Gasteiger partial charge in [0.1, 0.15) is 0 Å². The topological polar surface area (TPSA) is 33.3 Å². The van der Waals surface area contributed by atoms with Crippen molar-refractivity contribution in [1.29, 1.82) is 0 Å². The van der Waals surface area contributed by atoms with Crippen molar-refractivity contribution in [1.82, 2.24) is 10.6 Å². The molecule has 0 aromatic heterocycles. The predicted octanol–water partition coefficient (Wildman–Crippen LogP) is 3.47. The zero-order valence-corrected chi connectivity index (χ0v) is 15.9. The quantitative estimate of drug-likeness (QED) is 0.820. The minimum atomic E-state index is 0.132. The Hall–Kier alpha value is -0.420. The van der Waals surface area contributed by atoms with Gasteiger partial charge in [-0.3, -0.25) is 0 Å². The van der Waals surface area contributed by atoms with Gasteiger partial charge in [-0.15, -0.1) is 0 Å². The maximum atomic E-state index is 5.68. The fourth-order valence-corrected chi connectivity index (χ4v) is 4.38. The third-order valence-corrected chi connectivity index (χ3v) is 5.94. The lowest BCUT2D eigenvalue weighted by Gasteiger charge is -2.35. The minimum Gasteiger partial charge on any atom is -0.379 e. The maximum absolute atomic E-state index is 5.68. The van der Waals surface area contributed by atoms with Gasteiger partial charge in [0, 0.05) is 35.1 Å². The van der Waals surface area contributed by atoms with Crippen LogP contribution in [0.25, 0.3) is 0 Å². The molecule has 128 valence electrons. The monoisotopic (exact) mass is 380 g/mol. The van der Waals surface area contributed by atoms with Gasteiger partial charge in [-0.25, -0.2) is 0 Å². The number of nitrogens with one attached hydrogen (secondary N) is 2. The summed E-state index contributed by atoms with van der Waals surface area (Å²) in [4.78, 5) is 0. The van der Waals surface area contributed by atoms with E-state index < -0.39 is 0 Å². The molecule has 1 heterocycles. The van der Waals surface area contributed by atoms with Crippen LogP contribution >= 0.6 is 15.9 Å². The standard InChI is InChI=1S/C19H29BrN2O/c1-19(2,14-5-3-6-15(20)11-14)13-22-17-8-4-7-16(17)18-12-23-10-9-21-18/h3,5-6,11,16-18,21-22H,4,7-10,12-13H2,1-2H3. The lowest BCUT2D eigenvalue weighted by Crippen LogP contribution is -2.52. The maximum Gasteiger partial charge on any atom is 0.0623 e. The molecular weight excluding hydrogens is 352 g/mol. The molecule has 4 heteroatoms. The summed E-state index contributed by atoms with van der Waals surface area (Å²) in [5.74, 6) is 0.702. The number of halogens is 1. The molecule has 1 saturated carbocycles. The Balaban J connectivity index is 1.60. The van der Waals surface area contributed by atoms with E-state index in [1.807, 2.05) is 0 Å². The third-order valence-electron chi connectivity index (χ3n) is 5.45. The average Bonchev–Trinajstić information content (AvgIpc) is 3.02. The van der Waals surface area contributed by atoms with E-state index in [0.29, 0.717) is 18.0 Å². The Morgan fingerprint density at radius 1 is 1.35 bits per heavy atom. The van der Waals surface area contributed by atoms with Crippen molar-refractivity contribution >= 4 is 15.9 Å². The first-order valence-corrected chi connectivity index (χ1v) is 9.66. The van der Waals surface area contributed by atoms with Crippen LogP contribution in [0.2, 0.25) is 0 Å². The molecule has 23 heavy (non-hydrogen) atoms. The number of hydrogen-bond donors (Lipinski definition) is 2. The van der Waals surface area contributed by atoms with Crippen LogP contribution in [0.4, 0.5) is 0 Å². The van der Waals surface area contributed by atoms with Crippen LogP contribution in [0, 0.1) is 5.92 Å². The van der Waals surface area contributed by atoms with Gasteiger partial charge in [-0.1, -0.05) is 48.3 Å². The molecule has 3 nitrogen and oxygen atoms in total. The average molecular weight is 381 g/mol. The molecule has 0 amide bonds. The summed E-state index contributed by atoms with van der Waals surface area (Å²) in [6.45, 7) is 8.39. The number of rotatable bonds is 5. The van der Waals surface area contributed by atoms with E-state index in [-0.39, 0.29) is 5.41 Å². The molecule has 3 atom stereocenters. The number of ether oxygens (including phenoxy) is 1. The van der Waals surface area contributed by atoms with Gasteiger partial charge < -0.3 is 15.4 Å². The van der Waals surface area contributed by atoms with E-state index in [1.54, 1.807) is 0 Å². The Labute approximate surface area is 148 Å². The first kappa shape index (κ1) is 17.4. The van der Waals surface area contributed by atoms with Gasteiger partial charge in [0.05, 0.1) is 13.2 Å². The van der Waals surface area contributed by atoms with Crippen LogP contribution in [0.5, 0.6) is 0 Å². The molecule has 1 aliphatic carbocycles. The number of morpholine rings is 1. The summed E-state index contributed by atoms with van der Waals surface area (Å²) in [7, 11) is 0. The highest BCUT2D eigenvalue weighted by Crippen LogP contribution is 2.31. The van der Waals surface area contributed by atoms with E-state index in [4.69, 9.17) is 4.74 Å². The van der Waals surface area contributed by atoms with Gasteiger partial charge in [0.2, 0.25) is 0 Å². The number of benzene rings is 1. The smallest absolute Gasteiger partial charge is 0.0623 e. The molecule has 1 saturated heterocycles. The summed E-state index contributed by atoms with van der Waals surface area (Å²) >= 11 is 3.59. The van der Waals surface area contributed by atoms with E-state index in [0.717, 1.165) is 30.8 Å². The molecule has 2 N–H and O–H groups in total. The lowest BCUT2D eigenvalue weighted by atomic mass is 9.84. The molecule has 2 aliphatic rings. The van der Waals surface area contributed by atoms with Gasteiger partial charge >= 0.3 is 0 Å². The highest BCUT2D eigenvalue weighted by Gasteiger charge is 2.35. The molecule has 2 fully saturated rings. The second-order valence-corrected chi connectivity index (χ2v) is 8.53. The van der Waals surface area contributed by atoms with Gasteiger partial charge in [0.15, 0.2) is 0 Å². The SMILES string of the molecule is CC(C)(CNC1CCCC1C1COCCN1)c1cccc(Br)c1. The molecular formula is C19H29BrN2O. The Kier molecular flexibility index (Phi) is 5.78. The van der Waals surface area contributed by atoms with Crippen molar-refractivity contribution in [3.05, 3.63) is 34.3 Å². The van der Waals surface area contributed by atoms with Gasteiger partial charge in [-0.2, -0.15) is 0 Å². The Bertz CT molecular complexity index is 514. The molecule has 1 aromatic rings. The van der Waals surface area contributed by atoms with E-state index in [9.17, 15) is 0 Å². The predicted molar refractivity (Wildman–Crippen MR) is 98.9 cm³/mol. The summed E-state index contributed by atoms with van der Waals surface area (Å²) in [5, 5.41) is 7.53. The molecule has 1 aromatic carbocycles. The van der Waals surface area contributed by atoms with Crippen molar-refractivity contribution in [2.24, 2.45) is 5.92 Å². The van der Waals surface area contributed by atoms with Crippen molar-refractivity contribution in [2.75, 3.05) is 26.3 Å². The first-order chi connectivity index (χ1) is 11.1. The summed E-state index contributed by atoms with van der Waals surface area (Å²) in [6, 6.07) is 9.83. The van der Waals surface area contributed by atoms with Crippen molar-refractivity contribution in [3.63, 3.8) is 0 Å². The number of hydrogen-bond acceptors (Lipinski definition) is 3. The van der Waals surface area contributed by atoms with Crippen molar-refractivity contribution in [2.45, 2.75) is 50.6 Å². The zero-order valence-electron chi connectivity index (χ0n) is 14.3. The molecule has 0 radical (unpaired) electrons. The third kappa shape index (κ3) is 4.36. The second-order valence-electron chi connectivity index (χ2n) is 7.61. The van der Waals surface area contributed by atoms with Crippen LogP contribution in [0.1, 0.15) is 38.7 Å². The Morgan fingerprint density at radius 3 is 2.96 bits per heavy atom. The lowest BCUT2D eigenvalue weighted by molar-refractivity contribution is 0.0522. The van der Waals surface area contributed by atoms with Crippen LogP contribution < -0.4 is 10.6 Å². The molecule has 3 unspecified atom stereocenters. The van der Waals surface area contributed by atoms with Crippen LogP contribution in [0.15, 0.2) is 28.7 Å². The first-order valence-electron chi connectivity index (χ1n) is 8.87. The van der Waals surface area contributed by atoms with Crippen molar-refractivity contribution < 1.29 is 4.74 Å².